The van der Waals surface area contributed by atoms with E-state index in [1.165, 1.54) is 44.9 Å². The van der Waals surface area contributed by atoms with E-state index < -0.39 is 7.22 Å². The van der Waals surface area contributed by atoms with Crippen LogP contribution in [0.25, 0.3) is 0 Å². The predicted molar refractivity (Wildman–Crippen MR) is 78.3 cm³/mol. The molecule has 0 bridgehead atoms. The molecule has 16 heavy (non-hydrogen) atoms. The molecule has 92 valence electrons. The lowest BCUT2D eigenvalue weighted by Gasteiger charge is -2.19. The molecule has 2 aliphatic carbocycles. The van der Waals surface area contributed by atoms with Crippen molar-refractivity contribution in [3.63, 3.8) is 0 Å². The number of hydrogen-bond donors (Lipinski definition) is 0. The van der Waals surface area contributed by atoms with Crippen LogP contribution in [0.5, 0.6) is 0 Å². The first-order valence-corrected chi connectivity index (χ1v) is 11.9. The maximum Gasteiger partial charge on any atom is 0.108 e. The van der Waals surface area contributed by atoms with Gasteiger partial charge in [-0.1, -0.05) is 32.5 Å². The summed E-state index contributed by atoms with van der Waals surface area (Å²) in [6.07, 6.45) is 9.51. The van der Waals surface area contributed by atoms with Crippen LogP contribution in [0, 0.1) is 0 Å². The fourth-order valence-electron chi connectivity index (χ4n) is 2.80. The predicted octanol–water partition coefficient (Wildman–Crippen LogP) is 4.49. The van der Waals surface area contributed by atoms with Gasteiger partial charge < -0.3 is 0 Å². The molecular weight excluding hydrogens is 230 g/mol. The average Bonchev–Trinajstić information content (AvgIpc) is 2.75. The Morgan fingerprint density at radius 1 is 1.12 bits per heavy atom. The van der Waals surface area contributed by atoms with Gasteiger partial charge in [0.1, 0.15) is 7.22 Å². The third-order valence-electron chi connectivity index (χ3n) is 3.43. The van der Waals surface area contributed by atoms with Crippen LogP contribution in [0.15, 0.2) is 4.99 Å². The molecule has 0 N–H and O–H groups in total. The largest absolute Gasteiger partial charge is 0.291 e. The van der Waals surface area contributed by atoms with Gasteiger partial charge in [-0.3, -0.25) is 4.99 Å². The van der Waals surface area contributed by atoms with Crippen LogP contribution >= 0.6 is 11.2 Å². The zero-order chi connectivity index (χ0) is 11.6. The Morgan fingerprint density at radius 3 is 2.44 bits per heavy atom. The van der Waals surface area contributed by atoms with Crippen molar-refractivity contribution in [3.05, 3.63) is 0 Å². The molecule has 2 saturated carbocycles. The summed E-state index contributed by atoms with van der Waals surface area (Å²) >= 11 is 2.28. The summed E-state index contributed by atoms with van der Waals surface area (Å²) in [4.78, 5) is 4.97. The van der Waals surface area contributed by atoms with Crippen LogP contribution in [-0.2, 0) is 0 Å². The van der Waals surface area contributed by atoms with E-state index in [-0.39, 0.29) is 0 Å². The number of aliphatic imine (C=N–C) groups is 1. The lowest BCUT2D eigenvalue weighted by atomic mass is 10.2. The standard InChI is InChI=1S/C13H25NSSi/c1-16(2,3)15-13-9-8-12(10-13)14-11-6-4-5-7-11/h11,13H,4-10H2,1-3H3. The smallest absolute Gasteiger partial charge is 0.108 e. The summed E-state index contributed by atoms with van der Waals surface area (Å²) in [5.74, 6) is 0. The van der Waals surface area contributed by atoms with Crippen LogP contribution in [0.1, 0.15) is 44.9 Å². The topological polar surface area (TPSA) is 12.4 Å². The molecule has 0 amide bonds. The van der Waals surface area contributed by atoms with Crippen LogP contribution in [-0.4, -0.2) is 24.2 Å². The lowest BCUT2D eigenvalue weighted by molar-refractivity contribution is 0.703. The van der Waals surface area contributed by atoms with Crippen LogP contribution in [0.2, 0.25) is 19.6 Å². The van der Waals surface area contributed by atoms with Crippen molar-refractivity contribution >= 4 is 24.1 Å². The monoisotopic (exact) mass is 255 g/mol. The minimum absolute atomic E-state index is 0.700. The Kier molecular flexibility index (Phi) is 4.17. The Bertz CT molecular complexity index is 264. The summed E-state index contributed by atoms with van der Waals surface area (Å²) in [5, 5.41) is 0.895. The first kappa shape index (κ1) is 12.7. The molecule has 0 aromatic carbocycles. The van der Waals surface area contributed by atoms with Crippen LogP contribution in [0.3, 0.4) is 0 Å². The molecule has 3 heteroatoms. The van der Waals surface area contributed by atoms with E-state index in [0.717, 1.165) is 5.25 Å². The molecule has 0 radical (unpaired) electrons. The van der Waals surface area contributed by atoms with Gasteiger partial charge in [-0.15, -0.1) is 0 Å². The lowest BCUT2D eigenvalue weighted by Crippen LogP contribution is -2.19. The number of hydrogen-bond acceptors (Lipinski definition) is 2. The molecule has 1 nitrogen and oxygen atoms in total. The second kappa shape index (κ2) is 5.26. The third-order valence-corrected chi connectivity index (χ3v) is 7.99. The van der Waals surface area contributed by atoms with E-state index in [1.807, 2.05) is 0 Å². The summed E-state index contributed by atoms with van der Waals surface area (Å²) in [7, 11) is -0.934. The Morgan fingerprint density at radius 2 is 1.81 bits per heavy atom. The molecule has 1 unspecified atom stereocenters. The first-order valence-electron chi connectivity index (χ1n) is 6.76. The Labute approximate surface area is 105 Å². The first-order chi connectivity index (χ1) is 7.53. The minimum Gasteiger partial charge on any atom is -0.291 e. The van der Waals surface area contributed by atoms with Gasteiger partial charge in [-0.2, -0.15) is 11.2 Å². The molecule has 0 aliphatic heterocycles. The summed E-state index contributed by atoms with van der Waals surface area (Å²) in [5.41, 5.74) is 1.54. The summed E-state index contributed by atoms with van der Waals surface area (Å²) < 4.78 is 0. The third kappa shape index (κ3) is 3.92. The zero-order valence-electron chi connectivity index (χ0n) is 11.0. The molecule has 0 aromatic rings. The van der Waals surface area contributed by atoms with E-state index in [1.54, 1.807) is 5.71 Å². The fraction of sp³-hybridized carbons (Fsp3) is 0.923. The van der Waals surface area contributed by atoms with Crippen LogP contribution < -0.4 is 0 Å². The highest BCUT2D eigenvalue weighted by molar-refractivity contribution is 8.29. The van der Waals surface area contributed by atoms with E-state index in [0.29, 0.717) is 6.04 Å². The second-order valence-corrected chi connectivity index (χ2v) is 15.7. The van der Waals surface area contributed by atoms with E-state index in [2.05, 4.69) is 30.9 Å². The van der Waals surface area contributed by atoms with Gasteiger partial charge in [0.25, 0.3) is 0 Å². The van der Waals surface area contributed by atoms with E-state index in [9.17, 15) is 0 Å². The highest BCUT2D eigenvalue weighted by Gasteiger charge is 2.27. The second-order valence-electron chi connectivity index (χ2n) is 6.23. The maximum absolute atomic E-state index is 4.97. The van der Waals surface area contributed by atoms with Gasteiger partial charge in [0.05, 0.1) is 0 Å². The SMILES string of the molecule is C[Si](C)(C)SC1CCC(=NC2CCCC2)C1. The van der Waals surface area contributed by atoms with Gasteiger partial charge in [-0.05, 0) is 32.1 Å². The van der Waals surface area contributed by atoms with E-state index in [4.69, 9.17) is 4.99 Å². The molecule has 2 rings (SSSR count). The number of rotatable bonds is 3. The summed E-state index contributed by atoms with van der Waals surface area (Å²) in [6, 6.07) is 0.700. The number of nitrogens with zero attached hydrogens (tertiary/aromatic N) is 1. The van der Waals surface area contributed by atoms with Crippen molar-refractivity contribution in [1.29, 1.82) is 0 Å². The highest BCUT2D eigenvalue weighted by Crippen LogP contribution is 2.35. The Hall–Kier alpha value is 0.237. The average molecular weight is 256 g/mol. The van der Waals surface area contributed by atoms with Crippen molar-refractivity contribution in [2.45, 2.75) is 75.9 Å². The maximum atomic E-state index is 4.97. The van der Waals surface area contributed by atoms with Crippen LogP contribution in [0.4, 0.5) is 0 Å². The Balaban J connectivity index is 1.83. The van der Waals surface area contributed by atoms with Crippen molar-refractivity contribution in [3.8, 4) is 0 Å². The highest BCUT2D eigenvalue weighted by atomic mass is 32.4. The fourth-order valence-corrected chi connectivity index (χ4v) is 7.92. The molecule has 2 fully saturated rings. The molecule has 0 spiro atoms. The van der Waals surface area contributed by atoms with Gasteiger partial charge in [0.2, 0.25) is 0 Å². The van der Waals surface area contributed by atoms with Crippen molar-refractivity contribution in [2.24, 2.45) is 4.99 Å². The van der Waals surface area contributed by atoms with Gasteiger partial charge in [0.15, 0.2) is 0 Å². The molecular formula is C13H25NSSi. The summed E-state index contributed by atoms with van der Waals surface area (Å²) in [6.45, 7) is 7.39. The van der Waals surface area contributed by atoms with Gasteiger partial charge in [-0.25, -0.2) is 0 Å². The van der Waals surface area contributed by atoms with Crippen molar-refractivity contribution in [2.75, 3.05) is 0 Å². The van der Waals surface area contributed by atoms with Gasteiger partial charge >= 0.3 is 0 Å². The molecule has 0 saturated heterocycles. The minimum atomic E-state index is -0.934. The zero-order valence-corrected chi connectivity index (χ0v) is 12.8. The van der Waals surface area contributed by atoms with Crippen molar-refractivity contribution in [1.82, 2.24) is 0 Å². The quantitative estimate of drug-likeness (QED) is 0.677. The normalized spacial score (nSPS) is 30.4. The van der Waals surface area contributed by atoms with Crippen molar-refractivity contribution < 1.29 is 0 Å². The van der Waals surface area contributed by atoms with Gasteiger partial charge in [0, 0.05) is 17.0 Å². The van der Waals surface area contributed by atoms with E-state index >= 15 is 0 Å². The molecule has 0 aromatic heterocycles. The molecule has 1 atom stereocenters. The molecule has 0 heterocycles. The molecule has 2 aliphatic rings.